The third-order valence-corrected chi connectivity index (χ3v) is 2.05. The Morgan fingerprint density at radius 2 is 1.82 bits per heavy atom. The van der Waals surface area contributed by atoms with Gasteiger partial charge in [-0.2, -0.15) is 0 Å². The molecule has 0 bridgehead atoms. The maximum absolute atomic E-state index is 13.4. The van der Waals surface area contributed by atoms with Crippen LogP contribution in [0.15, 0.2) is 18.2 Å². The highest BCUT2D eigenvalue weighted by Gasteiger charge is 2.23. The molecule has 0 amide bonds. The minimum Gasteiger partial charge on any atom is -0.346 e. The van der Waals surface area contributed by atoms with Crippen LogP contribution in [0.2, 0.25) is 0 Å². The van der Waals surface area contributed by atoms with Crippen LogP contribution in [-0.4, -0.2) is 25.3 Å². The average molecular weight is 244 g/mol. The molecule has 0 aliphatic rings. The van der Waals surface area contributed by atoms with Crippen molar-refractivity contribution in [1.82, 2.24) is 0 Å². The van der Waals surface area contributed by atoms with E-state index in [1.165, 1.54) is 0 Å². The molecule has 0 aliphatic heterocycles. The van der Waals surface area contributed by atoms with Crippen molar-refractivity contribution in [1.29, 1.82) is 0 Å². The van der Waals surface area contributed by atoms with Crippen molar-refractivity contribution in [3.05, 3.63) is 35.4 Å². The molecule has 3 nitrogen and oxygen atoms in total. The lowest BCUT2D eigenvalue weighted by Gasteiger charge is -2.15. The smallest absolute Gasteiger partial charge is 0.222 e. The molecule has 0 saturated carbocycles. The summed E-state index contributed by atoms with van der Waals surface area (Å²) >= 11 is 0. The molecule has 5 heteroatoms. The van der Waals surface area contributed by atoms with E-state index in [-0.39, 0.29) is 18.8 Å². The standard InChI is InChI=1S/C12H14F2O3/c1-3-16-12(17-4-2)11(15)9-6-5-8(13)7-10(9)14/h5-7,12H,3-4H2,1-2H3. The number of halogens is 2. The fraction of sp³-hybridized carbons (Fsp3) is 0.417. The van der Waals surface area contributed by atoms with Crippen LogP contribution < -0.4 is 0 Å². The predicted octanol–water partition coefficient (Wildman–Crippen LogP) is 2.55. The topological polar surface area (TPSA) is 35.5 Å². The average Bonchev–Trinajstić information content (AvgIpc) is 2.28. The van der Waals surface area contributed by atoms with E-state index in [4.69, 9.17) is 9.47 Å². The minimum atomic E-state index is -1.15. The van der Waals surface area contributed by atoms with Crippen molar-refractivity contribution < 1.29 is 23.0 Å². The summed E-state index contributed by atoms with van der Waals surface area (Å²) in [6.45, 7) is 3.92. The van der Waals surface area contributed by atoms with Crippen LogP contribution in [0.3, 0.4) is 0 Å². The van der Waals surface area contributed by atoms with Crippen molar-refractivity contribution in [2.24, 2.45) is 0 Å². The van der Waals surface area contributed by atoms with Crippen molar-refractivity contribution >= 4 is 5.78 Å². The van der Waals surface area contributed by atoms with E-state index in [2.05, 4.69) is 0 Å². The highest BCUT2D eigenvalue weighted by Crippen LogP contribution is 2.14. The van der Waals surface area contributed by atoms with Gasteiger partial charge < -0.3 is 9.47 Å². The van der Waals surface area contributed by atoms with Crippen molar-refractivity contribution in [3.8, 4) is 0 Å². The molecule has 0 aliphatic carbocycles. The summed E-state index contributed by atoms with van der Waals surface area (Å²) in [4.78, 5) is 11.8. The van der Waals surface area contributed by atoms with E-state index in [1.807, 2.05) is 0 Å². The summed E-state index contributed by atoms with van der Waals surface area (Å²) in [6.07, 6.45) is -1.15. The molecule has 17 heavy (non-hydrogen) atoms. The van der Waals surface area contributed by atoms with Gasteiger partial charge >= 0.3 is 0 Å². The molecule has 0 N–H and O–H groups in total. The van der Waals surface area contributed by atoms with Gasteiger partial charge in [0, 0.05) is 19.3 Å². The fourth-order valence-electron chi connectivity index (χ4n) is 1.32. The lowest BCUT2D eigenvalue weighted by atomic mass is 10.1. The Morgan fingerprint density at radius 1 is 1.24 bits per heavy atom. The highest BCUT2D eigenvalue weighted by molar-refractivity contribution is 5.98. The number of benzene rings is 1. The van der Waals surface area contributed by atoms with Gasteiger partial charge in [0.05, 0.1) is 5.56 Å². The van der Waals surface area contributed by atoms with Crippen LogP contribution in [0.1, 0.15) is 24.2 Å². The van der Waals surface area contributed by atoms with Crippen LogP contribution >= 0.6 is 0 Å². The number of hydrogen-bond donors (Lipinski definition) is 0. The molecular weight excluding hydrogens is 230 g/mol. The van der Waals surface area contributed by atoms with E-state index in [0.717, 1.165) is 12.1 Å². The normalized spacial score (nSPS) is 10.9. The summed E-state index contributed by atoms with van der Waals surface area (Å²) < 4.78 is 36.2. The van der Waals surface area contributed by atoms with Crippen molar-refractivity contribution in [3.63, 3.8) is 0 Å². The lowest BCUT2D eigenvalue weighted by Crippen LogP contribution is -2.28. The Bertz CT molecular complexity index is 387. The predicted molar refractivity (Wildman–Crippen MR) is 57.7 cm³/mol. The monoisotopic (exact) mass is 244 g/mol. The fourth-order valence-corrected chi connectivity index (χ4v) is 1.32. The number of ether oxygens (including phenoxy) is 2. The Balaban J connectivity index is 2.92. The molecule has 0 unspecified atom stereocenters. The number of hydrogen-bond acceptors (Lipinski definition) is 3. The maximum Gasteiger partial charge on any atom is 0.222 e. The zero-order chi connectivity index (χ0) is 12.8. The third kappa shape index (κ3) is 3.57. The van der Waals surface area contributed by atoms with E-state index in [9.17, 15) is 13.6 Å². The molecule has 0 fully saturated rings. The molecular formula is C12H14F2O3. The first-order chi connectivity index (χ1) is 8.10. The van der Waals surface area contributed by atoms with Gasteiger partial charge in [0.2, 0.25) is 12.1 Å². The zero-order valence-electron chi connectivity index (χ0n) is 9.70. The van der Waals surface area contributed by atoms with Crippen LogP contribution in [0.5, 0.6) is 0 Å². The van der Waals surface area contributed by atoms with Crippen LogP contribution in [0, 0.1) is 11.6 Å². The van der Waals surface area contributed by atoms with Crippen LogP contribution in [0.25, 0.3) is 0 Å². The first-order valence-corrected chi connectivity index (χ1v) is 5.32. The van der Waals surface area contributed by atoms with Gasteiger partial charge in [-0.1, -0.05) is 0 Å². The Labute approximate surface area is 98.3 Å². The highest BCUT2D eigenvalue weighted by atomic mass is 19.1. The van der Waals surface area contributed by atoms with Gasteiger partial charge in [0.15, 0.2) is 0 Å². The van der Waals surface area contributed by atoms with Gasteiger partial charge in [-0.05, 0) is 26.0 Å². The van der Waals surface area contributed by atoms with E-state index in [0.29, 0.717) is 6.07 Å². The third-order valence-electron chi connectivity index (χ3n) is 2.05. The first-order valence-electron chi connectivity index (χ1n) is 5.32. The van der Waals surface area contributed by atoms with E-state index in [1.54, 1.807) is 13.8 Å². The summed E-state index contributed by atoms with van der Waals surface area (Å²) in [5.41, 5.74) is -0.238. The number of Topliss-reactive ketones (excluding diaryl/α,β-unsaturated/α-hetero) is 1. The van der Waals surface area contributed by atoms with Gasteiger partial charge in [-0.3, -0.25) is 4.79 Å². The van der Waals surface area contributed by atoms with Crippen molar-refractivity contribution in [2.75, 3.05) is 13.2 Å². The summed E-state index contributed by atoms with van der Waals surface area (Å²) in [5.74, 6) is -2.30. The summed E-state index contributed by atoms with van der Waals surface area (Å²) in [6, 6.07) is 2.76. The minimum absolute atomic E-state index is 0.238. The molecule has 0 radical (unpaired) electrons. The summed E-state index contributed by atoms with van der Waals surface area (Å²) in [5, 5.41) is 0. The Hall–Kier alpha value is -1.33. The second kappa shape index (κ2) is 6.42. The number of carbonyl (C=O) groups excluding carboxylic acids is 1. The van der Waals surface area contributed by atoms with Gasteiger partial charge in [0.1, 0.15) is 11.6 Å². The molecule has 1 aromatic rings. The molecule has 0 heterocycles. The Kier molecular flexibility index (Phi) is 5.18. The van der Waals surface area contributed by atoms with E-state index >= 15 is 0 Å². The number of rotatable bonds is 6. The van der Waals surface area contributed by atoms with Crippen LogP contribution in [-0.2, 0) is 9.47 Å². The van der Waals surface area contributed by atoms with Gasteiger partial charge in [0.25, 0.3) is 0 Å². The van der Waals surface area contributed by atoms with Gasteiger partial charge in [-0.15, -0.1) is 0 Å². The maximum atomic E-state index is 13.4. The van der Waals surface area contributed by atoms with E-state index < -0.39 is 23.7 Å². The van der Waals surface area contributed by atoms with Gasteiger partial charge in [-0.25, -0.2) is 8.78 Å². The Morgan fingerprint density at radius 3 is 2.29 bits per heavy atom. The molecule has 1 rings (SSSR count). The zero-order valence-corrected chi connectivity index (χ0v) is 9.70. The molecule has 0 spiro atoms. The molecule has 0 aromatic heterocycles. The quantitative estimate of drug-likeness (QED) is 0.570. The molecule has 1 aromatic carbocycles. The molecule has 94 valence electrons. The van der Waals surface area contributed by atoms with Crippen molar-refractivity contribution in [2.45, 2.75) is 20.1 Å². The largest absolute Gasteiger partial charge is 0.346 e. The first kappa shape index (κ1) is 13.7. The van der Waals surface area contributed by atoms with Crippen LogP contribution in [0.4, 0.5) is 8.78 Å². The number of ketones is 1. The summed E-state index contributed by atoms with van der Waals surface area (Å²) in [7, 11) is 0. The SMILES string of the molecule is CCOC(OCC)C(=O)c1ccc(F)cc1F. The second-order valence-electron chi connectivity index (χ2n) is 3.23. The number of carbonyl (C=O) groups is 1. The molecule has 0 saturated heterocycles. The molecule has 0 atom stereocenters. The lowest BCUT2D eigenvalue weighted by molar-refractivity contribution is -0.107. The second-order valence-corrected chi connectivity index (χ2v) is 3.23.